The molecule has 14 heavy (non-hydrogen) atoms. The van der Waals surface area contributed by atoms with Crippen LogP contribution in [0, 0.1) is 0 Å². The summed E-state index contributed by atoms with van der Waals surface area (Å²) in [6.45, 7) is 2.64. The van der Waals surface area contributed by atoms with Gasteiger partial charge in [-0.15, -0.1) is 0 Å². The number of nitrogens with two attached hydrogens (primary N) is 2. The van der Waals surface area contributed by atoms with E-state index in [4.69, 9.17) is 11.6 Å². The van der Waals surface area contributed by atoms with E-state index in [0.717, 1.165) is 0 Å². The summed E-state index contributed by atoms with van der Waals surface area (Å²) in [5.74, 6) is 5.55. The van der Waals surface area contributed by atoms with Gasteiger partial charge in [0.15, 0.2) is 0 Å². The van der Waals surface area contributed by atoms with Gasteiger partial charge in [0.1, 0.15) is 5.67 Å². The lowest BCUT2D eigenvalue weighted by Crippen LogP contribution is -2.42. The van der Waals surface area contributed by atoms with E-state index in [2.05, 4.69) is 0 Å². The lowest BCUT2D eigenvalue weighted by atomic mass is 10.0. The normalized spacial score (nSPS) is 34.1. The van der Waals surface area contributed by atoms with Crippen LogP contribution in [0.3, 0.4) is 0 Å². The maximum Gasteiger partial charge on any atom is 0.144 e. The zero-order chi connectivity index (χ0) is 10.8. The van der Waals surface area contributed by atoms with Crippen molar-refractivity contribution in [2.75, 3.05) is 20.1 Å². The molecule has 4 nitrogen and oxygen atoms in total. The molecule has 1 rings (SSSR count). The van der Waals surface area contributed by atoms with Crippen LogP contribution in [0.4, 0.5) is 4.39 Å². The average Bonchev–Trinajstić information content (AvgIpc) is 2.25. The Hall–Kier alpha value is -0.810. The van der Waals surface area contributed by atoms with Gasteiger partial charge in [0, 0.05) is 25.0 Å². The summed E-state index contributed by atoms with van der Waals surface area (Å²) in [5.41, 5.74) is 3.95. The van der Waals surface area contributed by atoms with Gasteiger partial charge in [-0.05, 0) is 20.4 Å². The van der Waals surface area contributed by atoms with E-state index in [1.807, 2.05) is 18.9 Å². The molecule has 0 aromatic carbocycles. The summed E-state index contributed by atoms with van der Waals surface area (Å²) in [7, 11) is 1.92. The predicted molar refractivity (Wildman–Crippen MR) is 54.8 cm³/mol. The van der Waals surface area contributed by atoms with Crippen LogP contribution in [0.25, 0.3) is 0 Å². The van der Waals surface area contributed by atoms with Crippen LogP contribution >= 0.6 is 0 Å². The van der Waals surface area contributed by atoms with Crippen molar-refractivity contribution in [3.63, 3.8) is 0 Å². The second kappa shape index (κ2) is 4.14. The van der Waals surface area contributed by atoms with Crippen LogP contribution in [0.1, 0.15) is 13.3 Å². The first-order valence-electron chi connectivity index (χ1n) is 4.76. The highest BCUT2D eigenvalue weighted by Gasteiger charge is 2.41. The van der Waals surface area contributed by atoms with E-state index in [9.17, 15) is 4.39 Å². The van der Waals surface area contributed by atoms with Crippen molar-refractivity contribution < 1.29 is 4.39 Å². The molecule has 1 fully saturated rings. The topological polar surface area (TPSA) is 58.5 Å². The van der Waals surface area contributed by atoms with Crippen molar-refractivity contribution in [3.05, 3.63) is 12.4 Å². The van der Waals surface area contributed by atoms with E-state index in [1.165, 1.54) is 17.4 Å². The minimum atomic E-state index is -1.22. The molecule has 82 valence electrons. The minimum absolute atomic E-state index is 0.190. The fourth-order valence-electron chi connectivity index (χ4n) is 1.96. The Labute approximate surface area is 84.3 Å². The molecular weight excluding hydrogens is 183 g/mol. The van der Waals surface area contributed by atoms with E-state index < -0.39 is 5.67 Å². The first-order valence-corrected chi connectivity index (χ1v) is 4.76. The Morgan fingerprint density at radius 3 is 2.79 bits per heavy atom. The number of nitrogens with zero attached hydrogens (tertiary/aromatic N) is 2. The fourth-order valence-corrected chi connectivity index (χ4v) is 1.96. The summed E-state index contributed by atoms with van der Waals surface area (Å²) in [4.78, 5) is 2.00. The molecule has 1 heterocycles. The first-order chi connectivity index (χ1) is 6.47. The first kappa shape index (κ1) is 11.3. The van der Waals surface area contributed by atoms with Crippen LogP contribution in [-0.4, -0.2) is 41.8 Å². The number of alkyl halides is 1. The van der Waals surface area contributed by atoms with Gasteiger partial charge in [-0.3, -0.25) is 0 Å². The lowest BCUT2D eigenvalue weighted by molar-refractivity contribution is 0.125. The van der Waals surface area contributed by atoms with Gasteiger partial charge in [0.05, 0.1) is 6.54 Å². The maximum atomic E-state index is 14.1. The van der Waals surface area contributed by atoms with Crippen LogP contribution in [0.5, 0.6) is 0 Å². The molecule has 0 spiro atoms. The summed E-state index contributed by atoms with van der Waals surface area (Å²) in [6.07, 6.45) is 3.31. The van der Waals surface area contributed by atoms with Crippen molar-refractivity contribution in [3.8, 4) is 0 Å². The van der Waals surface area contributed by atoms with E-state index in [-0.39, 0.29) is 12.6 Å². The van der Waals surface area contributed by atoms with Gasteiger partial charge in [-0.25, -0.2) is 10.2 Å². The zero-order valence-electron chi connectivity index (χ0n) is 8.78. The highest BCUT2D eigenvalue weighted by atomic mass is 19.1. The molecule has 0 aromatic rings. The SMILES string of the molecule is CC1C[C@](F)(CN(N)/C=C\N)CN1C. The standard InChI is InChI=1S/C9H19FN4/c1-8-5-9(10,6-13(8)2)7-14(12)4-3-11/h3-4,8H,5-7,11-12H2,1-2H3/b4-3-/t8?,9-/m1/s1. The van der Waals surface area contributed by atoms with Gasteiger partial charge < -0.3 is 15.6 Å². The molecular formula is C9H19FN4. The number of hydrogen-bond donors (Lipinski definition) is 2. The second-order valence-corrected chi connectivity index (χ2v) is 4.13. The third kappa shape index (κ3) is 2.59. The molecule has 2 atom stereocenters. The Kier molecular flexibility index (Phi) is 3.34. The molecule has 1 aliphatic rings. The second-order valence-electron chi connectivity index (χ2n) is 4.13. The molecule has 0 bridgehead atoms. The summed E-state index contributed by atoms with van der Waals surface area (Å²) < 4.78 is 14.1. The Morgan fingerprint density at radius 2 is 2.36 bits per heavy atom. The molecule has 5 heteroatoms. The molecule has 1 unspecified atom stereocenters. The molecule has 0 aliphatic carbocycles. The number of halogens is 1. The van der Waals surface area contributed by atoms with Crippen molar-refractivity contribution in [2.45, 2.75) is 25.1 Å². The van der Waals surface area contributed by atoms with Crippen molar-refractivity contribution in [1.29, 1.82) is 0 Å². The smallest absolute Gasteiger partial charge is 0.144 e. The van der Waals surface area contributed by atoms with Gasteiger partial charge in [-0.1, -0.05) is 0 Å². The molecule has 0 amide bonds. The molecule has 0 radical (unpaired) electrons. The van der Waals surface area contributed by atoms with Crippen LogP contribution in [0.2, 0.25) is 0 Å². The van der Waals surface area contributed by atoms with Crippen molar-refractivity contribution in [2.24, 2.45) is 11.6 Å². The molecule has 0 aromatic heterocycles. The number of likely N-dealkylation sites (tertiary alicyclic amines) is 1. The van der Waals surface area contributed by atoms with E-state index in [1.54, 1.807) is 0 Å². The molecule has 0 saturated carbocycles. The number of hydrazine groups is 1. The lowest BCUT2D eigenvalue weighted by Gasteiger charge is -2.24. The van der Waals surface area contributed by atoms with Gasteiger partial charge in [0.2, 0.25) is 0 Å². The molecule has 1 saturated heterocycles. The summed E-state index contributed by atoms with van der Waals surface area (Å²) in [5, 5.41) is 1.30. The monoisotopic (exact) mass is 202 g/mol. The minimum Gasteiger partial charge on any atom is -0.403 e. The molecule has 4 N–H and O–H groups in total. The number of hydrogen-bond acceptors (Lipinski definition) is 4. The van der Waals surface area contributed by atoms with E-state index in [0.29, 0.717) is 13.0 Å². The fraction of sp³-hybridized carbons (Fsp3) is 0.778. The average molecular weight is 202 g/mol. The van der Waals surface area contributed by atoms with Crippen LogP contribution in [0.15, 0.2) is 12.4 Å². The van der Waals surface area contributed by atoms with Gasteiger partial charge >= 0.3 is 0 Å². The Balaban J connectivity index is 2.51. The van der Waals surface area contributed by atoms with Crippen LogP contribution in [-0.2, 0) is 0 Å². The van der Waals surface area contributed by atoms with E-state index >= 15 is 0 Å². The zero-order valence-corrected chi connectivity index (χ0v) is 8.78. The Bertz CT molecular complexity index is 209. The largest absolute Gasteiger partial charge is 0.403 e. The third-order valence-electron chi connectivity index (χ3n) is 2.69. The summed E-state index contributed by atoms with van der Waals surface area (Å²) in [6, 6.07) is 0.273. The van der Waals surface area contributed by atoms with Crippen molar-refractivity contribution >= 4 is 0 Å². The van der Waals surface area contributed by atoms with Crippen molar-refractivity contribution in [1.82, 2.24) is 9.91 Å². The summed E-state index contributed by atoms with van der Waals surface area (Å²) >= 11 is 0. The quantitative estimate of drug-likeness (QED) is 0.500. The highest BCUT2D eigenvalue weighted by molar-refractivity contribution is 4.96. The molecule has 1 aliphatic heterocycles. The maximum absolute atomic E-state index is 14.1. The third-order valence-corrected chi connectivity index (χ3v) is 2.69. The Morgan fingerprint density at radius 1 is 1.71 bits per heavy atom. The van der Waals surface area contributed by atoms with Crippen LogP contribution < -0.4 is 11.6 Å². The number of rotatable bonds is 3. The van der Waals surface area contributed by atoms with Gasteiger partial charge in [0.25, 0.3) is 0 Å². The predicted octanol–water partition coefficient (Wildman–Crippen LogP) is 0.0243. The highest BCUT2D eigenvalue weighted by Crippen LogP contribution is 2.29. The van der Waals surface area contributed by atoms with Gasteiger partial charge in [-0.2, -0.15) is 0 Å².